The van der Waals surface area contributed by atoms with Crippen LogP contribution in [0.5, 0.6) is 0 Å². The number of aromatic nitrogens is 3. The van der Waals surface area contributed by atoms with Gasteiger partial charge in [-0.2, -0.15) is 0 Å². The van der Waals surface area contributed by atoms with Gasteiger partial charge in [-0.25, -0.2) is 9.97 Å². The van der Waals surface area contributed by atoms with Gasteiger partial charge in [0.1, 0.15) is 10.8 Å². The Bertz CT molecular complexity index is 566. The Morgan fingerprint density at radius 2 is 2.43 bits per heavy atom. The zero-order chi connectivity index (χ0) is 14.7. The van der Waals surface area contributed by atoms with E-state index >= 15 is 0 Å². The predicted molar refractivity (Wildman–Crippen MR) is 86.7 cm³/mol. The molecule has 1 fully saturated rings. The van der Waals surface area contributed by atoms with E-state index in [0.717, 1.165) is 37.4 Å². The maximum Gasteiger partial charge on any atom is 0.151 e. The molecule has 0 saturated carbocycles. The Morgan fingerprint density at radius 3 is 3.19 bits per heavy atom. The molecule has 1 aliphatic rings. The molecule has 1 atom stereocenters. The summed E-state index contributed by atoms with van der Waals surface area (Å²) in [7, 11) is 0. The van der Waals surface area contributed by atoms with E-state index in [2.05, 4.69) is 32.2 Å². The van der Waals surface area contributed by atoms with Crippen LogP contribution < -0.4 is 0 Å². The Balaban J connectivity index is 1.69. The minimum Gasteiger partial charge on any atom is -0.344 e. The highest BCUT2D eigenvalue weighted by molar-refractivity contribution is 7.09. The summed E-state index contributed by atoms with van der Waals surface area (Å²) in [5.41, 5.74) is 1.05. The minimum absolute atomic E-state index is 0.434. The molecule has 1 N–H and O–H groups in total. The minimum atomic E-state index is 0.434. The first-order valence-corrected chi connectivity index (χ1v) is 8.90. The molecule has 2 aromatic heterocycles. The summed E-state index contributed by atoms with van der Waals surface area (Å²) in [4.78, 5) is 14.8. The van der Waals surface area contributed by atoms with Crippen molar-refractivity contribution >= 4 is 22.9 Å². The summed E-state index contributed by atoms with van der Waals surface area (Å²) in [6, 6.07) is 0.434. The summed E-state index contributed by atoms with van der Waals surface area (Å²) in [5.74, 6) is 1.02. The summed E-state index contributed by atoms with van der Waals surface area (Å²) >= 11 is 8.04. The summed E-state index contributed by atoms with van der Waals surface area (Å²) < 4.78 is 0. The second-order valence-corrected chi connectivity index (χ2v) is 6.84. The molecule has 2 aromatic rings. The van der Waals surface area contributed by atoms with Gasteiger partial charge in [0.25, 0.3) is 0 Å². The van der Waals surface area contributed by atoms with Crippen molar-refractivity contribution in [2.45, 2.75) is 51.6 Å². The summed E-state index contributed by atoms with van der Waals surface area (Å²) in [5, 5.41) is 3.90. The van der Waals surface area contributed by atoms with Crippen LogP contribution in [0.4, 0.5) is 0 Å². The maximum atomic E-state index is 6.29. The van der Waals surface area contributed by atoms with Crippen molar-refractivity contribution < 1.29 is 0 Å². The van der Waals surface area contributed by atoms with Crippen molar-refractivity contribution in [3.63, 3.8) is 0 Å². The first-order valence-electron chi connectivity index (χ1n) is 7.64. The van der Waals surface area contributed by atoms with E-state index in [4.69, 9.17) is 11.6 Å². The van der Waals surface area contributed by atoms with Crippen LogP contribution in [0.1, 0.15) is 55.2 Å². The Labute approximate surface area is 134 Å². The van der Waals surface area contributed by atoms with Crippen LogP contribution in [-0.2, 0) is 13.0 Å². The molecule has 0 aromatic carbocycles. The van der Waals surface area contributed by atoms with Crippen LogP contribution in [0.25, 0.3) is 0 Å². The first kappa shape index (κ1) is 15.0. The number of imidazole rings is 1. The molecule has 1 aliphatic heterocycles. The van der Waals surface area contributed by atoms with Gasteiger partial charge in [-0.3, -0.25) is 4.90 Å². The molecule has 0 spiro atoms. The van der Waals surface area contributed by atoms with E-state index in [9.17, 15) is 0 Å². The lowest BCUT2D eigenvalue weighted by atomic mass is 10.2. The number of likely N-dealkylation sites (tertiary alicyclic amines) is 1. The van der Waals surface area contributed by atoms with Gasteiger partial charge in [0.05, 0.1) is 11.7 Å². The zero-order valence-corrected chi connectivity index (χ0v) is 13.9. The second-order valence-electron chi connectivity index (χ2n) is 5.56. The number of H-pyrrole nitrogens is 1. The van der Waals surface area contributed by atoms with Crippen LogP contribution in [0, 0.1) is 0 Å². The number of hydrogen-bond donors (Lipinski definition) is 1. The molecule has 3 rings (SSSR count). The third-order valence-corrected chi connectivity index (χ3v) is 5.20. The Hall–Kier alpha value is -0.910. The molecule has 0 unspecified atom stereocenters. The molecule has 3 heterocycles. The molecule has 6 heteroatoms. The van der Waals surface area contributed by atoms with Crippen LogP contribution in [0.15, 0.2) is 11.6 Å². The standard InChI is InChI=1S/C15H21ClN4S/c1-2-3-6-13-18-11(14(16)19-13)10-20-8-4-5-12(20)15-17-7-9-21-15/h7,9,12H,2-6,8,10H2,1H3,(H,18,19)/t12-/m0/s1. The lowest BCUT2D eigenvalue weighted by Crippen LogP contribution is -2.23. The lowest BCUT2D eigenvalue weighted by molar-refractivity contribution is 0.245. The zero-order valence-electron chi connectivity index (χ0n) is 12.3. The molecule has 0 amide bonds. The molecule has 21 heavy (non-hydrogen) atoms. The largest absolute Gasteiger partial charge is 0.344 e. The molecular weight excluding hydrogens is 304 g/mol. The summed E-state index contributed by atoms with van der Waals surface area (Å²) in [6.45, 7) is 4.13. The van der Waals surface area contributed by atoms with E-state index in [-0.39, 0.29) is 0 Å². The van der Waals surface area contributed by atoms with Crippen molar-refractivity contribution in [3.05, 3.63) is 33.3 Å². The highest BCUT2D eigenvalue weighted by Crippen LogP contribution is 2.34. The van der Waals surface area contributed by atoms with Crippen molar-refractivity contribution in [2.24, 2.45) is 0 Å². The fraction of sp³-hybridized carbons (Fsp3) is 0.600. The van der Waals surface area contributed by atoms with Crippen molar-refractivity contribution in [2.75, 3.05) is 6.54 Å². The second kappa shape index (κ2) is 6.90. The first-order chi connectivity index (χ1) is 10.3. The van der Waals surface area contributed by atoms with Gasteiger partial charge >= 0.3 is 0 Å². The number of unbranched alkanes of at least 4 members (excludes halogenated alkanes) is 1. The van der Waals surface area contributed by atoms with Crippen molar-refractivity contribution in [1.29, 1.82) is 0 Å². The normalized spacial score (nSPS) is 19.4. The quantitative estimate of drug-likeness (QED) is 0.866. The van der Waals surface area contributed by atoms with Gasteiger partial charge in [-0.05, 0) is 25.8 Å². The Kier molecular flexibility index (Phi) is 4.93. The van der Waals surface area contributed by atoms with Crippen LogP contribution >= 0.6 is 22.9 Å². The van der Waals surface area contributed by atoms with E-state index < -0.39 is 0 Å². The highest BCUT2D eigenvalue weighted by atomic mass is 35.5. The van der Waals surface area contributed by atoms with E-state index in [1.165, 1.54) is 24.3 Å². The van der Waals surface area contributed by atoms with Crippen molar-refractivity contribution in [1.82, 2.24) is 19.9 Å². The molecule has 1 saturated heterocycles. The number of aromatic amines is 1. The topological polar surface area (TPSA) is 44.8 Å². The lowest BCUT2D eigenvalue weighted by Gasteiger charge is -2.22. The average Bonchev–Trinajstić information content (AvgIpc) is 3.18. The molecule has 0 bridgehead atoms. The molecule has 114 valence electrons. The van der Waals surface area contributed by atoms with Crippen molar-refractivity contribution in [3.8, 4) is 0 Å². The predicted octanol–water partition coefficient (Wildman–Crippen LogP) is 4.20. The molecular formula is C15H21ClN4S. The number of aryl methyl sites for hydroxylation is 1. The smallest absolute Gasteiger partial charge is 0.151 e. The average molecular weight is 325 g/mol. The van der Waals surface area contributed by atoms with Gasteiger partial charge in [-0.15, -0.1) is 11.3 Å². The van der Waals surface area contributed by atoms with Crippen LogP contribution in [0.2, 0.25) is 5.15 Å². The van der Waals surface area contributed by atoms with E-state index in [1.54, 1.807) is 11.3 Å². The van der Waals surface area contributed by atoms with E-state index in [0.29, 0.717) is 11.2 Å². The fourth-order valence-electron chi connectivity index (χ4n) is 2.90. The number of halogens is 1. The monoisotopic (exact) mass is 324 g/mol. The fourth-order valence-corrected chi connectivity index (χ4v) is 3.92. The third kappa shape index (κ3) is 3.47. The summed E-state index contributed by atoms with van der Waals surface area (Å²) in [6.07, 6.45) is 7.59. The van der Waals surface area contributed by atoms with Crippen LogP contribution in [-0.4, -0.2) is 26.4 Å². The molecule has 0 radical (unpaired) electrons. The van der Waals surface area contributed by atoms with Gasteiger partial charge < -0.3 is 4.98 Å². The number of thiazole rings is 1. The number of nitrogens with zero attached hydrogens (tertiary/aromatic N) is 3. The SMILES string of the molecule is CCCCc1nc(Cl)c(CN2CCC[C@H]2c2nccs2)[nH]1. The van der Waals surface area contributed by atoms with Gasteiger partial charge in [0, 0.05) is 24.5 Å². The number of rotatable bonds is 6. The van der Waals surface area contributed by atoms with Gasteiger partial charge in [0.15, 0.2) is 5.15 Å². The van der Waals surface area contributed by atoms with Gasteiger partial charge in [0.2, 0.25) is 0 Å². The van der Waals surface area contributed by atoms with Gasteiger partial charge in [-0.1, -0.05) is 24.9 Å². The maximum absolute atomic E-state index is 6.29. The number of nitrogens with one attached hydrogen (secondary N) is 1. The Morgan fingerprint density at radius 1 is 1.52 bits per heavy atom. The van der Waals surface area contributed by atoms with Crippen LogP contribution in [0.3, 0.4) is 0 Å². The third-order valence-electron chi connectivity index (χ3n) is 4.01. The van der Waals surface area contributed by atoms with E-state index in [1.807, 2.05) is 6.20 Å². The highest BCUT2D eigenvalue weighted by Gasteiger charge is 2.28. The molecule has 4 nitrogen and oxygen atoms in total. The molecule has 0 aliphatic carbocycles. The number of hydrogen-bond acceptors (Lipinski definition) is 4.